The van der Waals surface area contributed by atoms with Crippen LogP contribution in [0.4, 0.5) is 0 Å². The summed E-state index contributed by atoms with van der Waals surface area (Å²) in [5.74, 6) is 0.116. The molecule has 114 valence electrons. The highest BCUT2D eigenvalue weighted by atomic mass is 79.9. The Balaban J connectivity index is 1.80. The van der Waals surface area contributed by atoms with Gasteiger partial charge in [-0.1, -0.05) is 48.5 Å². The van der Waals surface area contributed by atoms with Crippen LogP contribution < -0.4 is 4.74 Å². The van der Waals surface area contributed by atoms with Crippen LogP contribution in [-0.2, 0) is 4.79 Å². The van der Waals surface area contributed by atoms with E-state index in [2.05, 4.69) is 28.1 Å². The van der Waals surface area contributed by atoms with E-state index in [4.69, 9.17) is 4.74 Å². The van der Waals surface area contributed by atoms with Crippen molar-refractivity contribution in [3.63, 3.8) is 0 Å². The van der Waals surface area contributed by atoms with E-state index in [-0.39, 0.29) is 0 Å². The van der Waals surface area contributed by atoms with Gasteiger partial charge in [0.15, 0.2) is 0 Å². The Kier molecular flexibility index (Phi) is 4.58. The fourth-order valence-electron chi connectivity index (χ4n) is 2.38. The molecule has 0 radical (unpaired) electrons. The molecule has 0 N–H and O–H groups in total. The second-order valence-electron chi connectivity index (χ2n) is 5.26. The predicted molar refractivity (Wildman–Crippen MR) is 97.5 cm³/mol. The molecule has 0 bridgehead atoms. The van der Waals surface area contributed by atoms with Gasteiger partial charge in [-0.05, 0) is 63.0 Å². The molecule has 0 aromatic heterocycles. The van der Waals surface area contributed by atoms with Crippen molar-refractivity contribution in [2.45, 2.75) is 6.92 Å². The average Bonchev–Trinajstić information content (AvgIpc) is 2.55. The molecule has 0 aliphatic rings. The van der Waals surface area contributed by atoms with Gasteiger partial charge >= 0.3 is 5.97 Å². The second-order valence-corrected chi connectivity index (χ2v) is 6.11. The Bertz CT molecular complexity index is 892. The lowest BCUT2D eigenvalue weighted by Crippen LogP contribution is -2.04. The monoisotopic (exact) mass is 366 g/mol. The number of halogens is 1. The van der Waals surface area contributed by atoms with Gasteiger partial charge in [0, 0.05) is 6.08 Å². The first-order valence-electron chi connectivity index (χ1n) is 7.27. The smallest absolute Gasteiger partial charge is 0.336 e. The van der Waals surface area contributed by atoms with Crippen LogP contribution in [0.15, 0.2) is 71.2 Å². The van der Waals surface area contributed by atoms with Crippen LogP contribution in [-0.4, -0.2) is 5.97 Å². The Hall–Kier alpha value is -2.39. The number of esters is 1. The Morgan fingerprint density at radius 1 is 1.04 bits per heavy atom. The lowest BCUT2D eigenvalue weighted by molar-refractivity contribution is -0.128. The predicted octanol–water partition coefficient (Wildman–Crippen LogP) is 5.53. The number of carbonyl (C=O) groups is 1. The van der Waals surface area contributed by atoms with Gasteiger partial charge in [0.1, 0.15) is 5.75 Å². The molecule has 3 aromatic carbocycles. The van der Waals surface area contributed by atoms with E-state index >= 15 is 0 Å². The highest BCUT2D eigenvalue weighted by Gasteiger charge is 2.05. The topological polar surface area (TPSA) is 26.3 Å². The lowest BCUT2D eigenvalue weighted by atomic mass is 10.0. The molecule has 23 heavy (non-hydrogen) atoms. The van der Waals surface area contributed by atoms with Gasteiger partial charge < -0.3 is 4.74 Å². The van der Waals surface area contributed by atoms with Crippen LogP contribution in [0.2, 0.25) is 0 Å². The Morgan fingerprint density at radius 2 is 1.83 bits per heavy atom. The first-order chi connectivity index (χ1) is 11.1. The maximum Gasteiger partial charge on any atom is 0.336 e. The number of hydrogen-bond donors (Lipinski definition) is 0. The van der Waals surface area contributed by atoms with Crippen molar-refractivity contribution in [2.75, 3.05) is 0 Å². The van der Waals surface area contributed by atoms with Crippen molar-refractivity contribution in [1.82, 2.24) is 0 Å². The van der Waals surface area contributed by atoms with Crippen molar-refractivity contribution < 1.29 is 9.53 Å². The summed E-state index contributed by atoms with van der Waals surface area (Å²) >= 11 is 3.40. The summed E-state index contributed by atoms with van der Waals surface area (Å²) in [5, 5.41) is 2.25. The molecule has 0 saturated heterocycles. The van der Waals surface area contributed by atoms with Gasteiger partial charge in [-0.3, -0.25) is 0 Å². The van der Waals surface area contributed by atoms with E-state index in [1.165, 1.54) is 6.08 Å². The minimum atomic E-state index is -0.400. The third-order valence-corrected chi connectivity index (χ3v) is 4.14. The fourth-order valence-corrected chi connectivity index (χ4v) is 2.96. The molecule has 0 fully saturated rings. The third kappa shape index (κ3) is 3.69. The fraction of sp³-hybridized carbons (Fsp3) is 0.0500. The second kappa shape index (κ2) is 6.80. The molecule has 0 saturated carbocycles. The van der Waals surface area contributed by atoms with E-state index in [0.717, 1.165) is 26.4 Å². The number of ether oxygens (including phenoxy) is 1. The molecular formula is C20H15BrO2. The summed E-state index contributed by atoms with van der Waals surface area (Å²) in [6.07, 6.45) is 3.24. The van der Waals surface area contributed by atoms with Crippen molar-refractivity contribution in [2.24, 2.45) is 0 Å². The zero-order chi connectivity index (χ0) is 16.2. The minimum Gasteiger partial charge on any atom is -0.422 e. The third-order valence-electron chi connectivity index (χ3n) is 3.52. The molecule has 0 spiro atoms. The van der Waals surface area contributed by atoms with Gasteiger partial charge in [0.05, 0.1) is 4.47 Å². The molecule has 2 nitrogen and oxygen atoms in total. The first-order valence-corrected chi connectivity index (χ1v) is 8.06. The van der Waals surface area contributed by atoms with Crippen molar-refractivity contribution in [1.29, 1.82) is 0 Å². The molecule has 0 aliphatic carbocycles. The molecule has 0 unspecified atom stereocenters. The zero-order valence-electron chi connectivity index (χ0n) is 12.6. The molecule has 3 heteroatoms. The summed E-state index contributed by atoms with van der Waals surface area (Å²) in [4.78, 5) is 12.0. The number of hydrogen-bond acceptors (Lipinski definition) is 2. The molecule has 3 rings (SSSR count). The van der Waals surface area contributed by atoms with Crippen molar-refractivity contribution >= 4 is 38.7 Å². The van der Waals surface area contributed by atoms with Gasteiger partial charge in [-0.15, -0.1) is 0 Å². The maximum atomic E-state index is 12.0. The van der Waals surface area contributed by atoms with Crippen LogP contribution in [0.25, 0.3) is 16.8 Å². The van der Waals surface area contributed by atoms with Crippen LogP contribution in [0.3, 0.4) is 0 Å². The van der Waals surface area contributed by atoms with Crippen LogP contribution in [0.1, 0.15) is 11.1 Å². The van der Waals surface area contributed by atoms with E-state index in [1.807, 2.05) is 49.4 Å². The number of aryl methyl sites for hydroxylation is 1. The zero-order valence-corrected chi connectivity index (χ0v) is 14.2. The number of benzene rings is 3. The quantitative estimate of drug-likeness (QED) is 0.346. The highest BCUT2D eigenvalue weighted by Crippen LogP contribution is 2.26. The van der Waals surface area contributed by atoms with E-state index in [9.17, 15) is 4.79 Å². The summed E-state index contributed by atoms with van der Waals surface area (Å²) in [7, 11) is 0. The number of fused-ring (bicyclic) bond motifs is 1. The SMILES string of the molecule is Cc1ccc(OC(=O)/C=C/c2cccc3ccccc23)c(Br)c1. The molecule has 0 heterocycles. The molecule has 0 atom stereocenters. The maximum absolute atomic E-state index is 12.0. The van der Waals surface area contributed by atoms with Crippen LogP contribution >= 0.6 is 15.9 Å². The largest absolute Gasteiger partial charge is 0.422 e. The van der Waals surface area contributed by atoms with E-state index in [1.54, 1.807) is 12.1 Å². The van der Waals surface area contributed by atoms with E-state index in [0.29, 0.717) is 5.75 Å². The number of carbonyl (C=O) groups excluding carboxylic acids is 1. The normalized spacial score (nSPS) is 11.0. The summed E-state index contributed by atoms with van der Waals surface area (Å²) in [6.45, 7) is 1.98. The van der Waals surface area contributed by atoms with Crippen molar-refractivity contribution in [3.05, 3.63) is 82.3 Å². The Labute approximate surface area is 143 Å². The van der Waals surface area contributed by atoms with Crippen LogP contribution in [0.5, 0.6) is 5.75 Å². The summed E-state index contributed by atoms with van der Waals surface area (Å²) in [6, 6.07) is 19.7. The first kappa shape index (κ1) is 15.5. The summed E-state index contributed by atoms with van der Waals surface area (Å²) in [5.41, 5.74) is 2.09. The molecule has 0 amide bonds. The standard InChI is InChI=1S/C20H15BrO2/c1-14-9-11-19(18(21)13-14)23-20(22)12-10-16-7-4-6-15-5-2-3-8-17(15)16/h2-13H,1H3/b12-10+. The minimum absolute atomic E-state index is 0.400. The Morgan fingerprint density at radius 3 is 2.65 bits per heavy atom. The number of rotatable bonds is 3. The van der Waals surface area contributed by atoms with E-state index < -0.39 is 5.97 Å². The summed E-state index contributed by atoms with van der Waals surface area (Å²) < 4.78 is 6.13. The average molecular weight is 367 g/mol. The van der Waals surface area contributed by atoms with Gasteiger partial charge in [0.2, 0.25) is 0 Å². The van der Waals surface area contributed by atoms with Crippen LogP contribution in [0, 0.1) is 6.92 Å². The molecule has 0 aliphatic heterocycles. The van der Waals surface area contributed by atoms with Crippen molar-refractivity contribution in [3.8, 4) is 5.75 Å². The van der Waals surface area contributed by atoms with Gasteiger partial charge in [-0.2, -0.15) is 0 Å². The highest BCUT2D eigenvalue weighted by molar-refractivity contribution is 9.10. The molecular weight excluding hydrogens is 352 g/mol. The molecule has 3 aromatic rings. The van der Waals surface area contributed by atoms with Gasteiger partial charge in [0.25, 0.3) is 0 Å². The lowest BCUT2D eigenvalue weighted by Gasteiger charge is -2.05. The van der Waals surface area contributed by atoms with Gasteiger partial charge in [-0.25, -0.2) is 4.79 Å².